The van der Waals surface area contributed by atoms with Gasteiger partial charge in [-0.05, 0) is 73.1 Å². The fourth-order valence-electron chi connectivity index (χ4n) is 3.12. The topological polar surface area (TPSA) is 27.7 Å². The summed E-state index contributed by atoms with van der Waals surface area (Å²) in [7, 11) is 0. The molecule has 0 saturated carbocycles. The Labute approximate surface area is 220 Å². The summed E-state index contributed by atoms with van der Waals surface area (Å²) in [6.07, 6.45) is 29.7. The van der Waals surface area contributed by atoms with E-state index < -0.39 is 0 Å². The smallest absolute Gasteiger partial charge is 0.149 e. The van der Waals surface area contributed by atoms with Gasteiger partial charge in [0.15, 0.2) is 0 Å². The molecule has 0 saturated heterocycles. The lowest BCUT2D eigenvalue weighted by Gasteiger charge is -2.06. The molecule has 0 N–H and O–H groups in total. The highest BCUT2D eigenvalue weighted by Crippen LogP contribution is 2.08. The van der Waals surface area contributed by atoms with Crippen LogP contribution < -0.4 is 0 Å². The van der Waals surface area contributed by atoms with Gasteiger partial charge in [-0.15, -0.1) is 0 Å². The number of hydrogen-bond acceptors (Lipinski definition) is 3. The fraction of sp³-hybridized carbons (Fsp3) is 0.846. The second kappa shape index (κ2) is 30.8. The number of alkyl halides is 2. The first-order chi connectivity index (χ1) is 15.4. The molecule has 0 aromatic carbocycles. The maximum Gasteiger partial charge on any atom is 0.149 e. The molecule has 0 amide bonds. The molecule has 0 aliphatic carbocycles. The Morgan fingerprint density at radius 1 is 0.387 bits per heavy atom. The van der Waals surface area contributed by atoms with Crippen LogP contribution in [0.15, 0.2) is 24.3 Å². The van der Waals surface area contributed by atoms with E-state index in [4.69, 9.17) is 14.2 Å². The van der Waals surface area contributed by atoms with Crippen LogP contribution in [0.2, 0.25) is 0 Å². The van der Waals surface area contributed by atoms with Crippen molar-refractivity contribution < 1.29 is 14.2 Å². The number of unbranched alkanes of at least 4 members (excludes halogenated alkanes) is 12. The van der Waals surface area contributed by atoms with Gasteiger partial charge in [0.2, 0.25) is 0 Å². The van der Waals surface area contributed by atoms with Crippen LogP contribution in [0.4, 0.5) is 0 Å². The van der Waals surface area contributed by atoms with E-state index in [1.165, 1.54) is 85.9 Å². The molecule has 3 nitrogen and oxygen atoms in total. The number of allylic oxidation sites excluding steroid dienone is 4. The summed E-state index contributed by atoms with van der Waals surface area (Å²) in [6, 6.07) is 0. The highest BCUT2D eigenvalue weighted by Gasteiger charge is 1.92. The lowest BCUT2D eigenvalue weighted by Crippen LogP contribution is -2.06. The van der Waals surface area contributed by atoms with Crippen LogP contribution in [0, 0.1) is 0 Å². The molecule has 0 aliphatic heterocycles. The van der Waals surface area contributed by atoms with Crippen LogP contribution in [0.5, 0.6) is 0 Å². The average Bonchev–Trinajstić information content (AvgIpc) is 2.78. The summed E-state index contributed by atoms with van der Waals surface area (Å²) in [5.41, 5.74) is 0. The van der Waals surface area contributed by atoms with Crippen LogP contribution in [-0.2, 0) is 14.2 Å². The molecule has 0 atom stereocenters. The van der Waals surface area contributed by atoms with Crippen molar-refractivity contribution in [3.8, 4) is 0 Å². The van der Waals surface area contributed by atoms with Crippen molar-refractivity contribution in [2.24, 2.45) is 0 Å². The third-order valence-electron chi connectivity index (χ3n) is 4.99. The van der Waals surface area contributed by atoms with Gasteiger partial charge in [0.05, 0.1) is 0 Å². The summed E-state index contributed by atoms with van der Waals surface area (Å²) in [4.78, 5) is 0. The molecule has 0 unspecified atom stereocenters. The Balaban J connectivity index is 3.10. The highest BCUT2D eigenvalue weighted by atomic mass is 127. The largest absolute Gasteiger partial charge is 0.355 e. The zero-order valence-corrected chi connectivity index (χ0v) is 24.2. The Kier molecular flexibility index (Phi) is 31.6. The maximum atomic E-state index is 5.48. The van der Waals surface area contributed by atoms with Crippen LogP contribution in [0.1, 0.15) is 103 Å². The fourth-order valence-corrected chi connectivity index (χ4v) is 4.20. The van der Waals surface area contributed by atoms with E-state index in [0.29, 0.717) is 13.6 Å². The van der Waals surface area contributed by atoms with Gasteiger partial charge in [0, 0.05) is 13.2 Å². The van der Waals surface area contributed by atoms with Crippen molar-refractivity contribution in [3.05, 3.63) is 24.3 Å². The van der Waals surface area contributed by atoms with E-state index in [0.717, 1.165) is 38.9 Å². The molecular formula is C26H48I2O3. The summed E-state index contributed by atoms with van der Waals surface area (Å²) in [6.45, 7) is 2.17. The Bertz CT molecular complexity index is 342. The van der Waals surface area contributed by atoms with Crippen molar-refractivity contribution in [2.75, 3.05) is 35.7 Å². The second-order valence-electron chi connectivity index (χ2n) is 7.97. The van der Waals surface area contributed by atoms with E-state index in [1.807, 2.05) is 0 Å². The molecule has 0 aromatic rings. The SMILES string of the molecule is ICCCCCCCC=CCCCOCOCOCCCC=CCCCCCCCI. The predicted octanol–water partition coefficient (Wildman–Crippen LogP) is 9.18. The molecule has 0 fully saturated rings. The second-order valence-corrected chi connectivity index (χ2v) is 10.1. The van der Waals surface area contributed by atoms with E-state index in [-0.39, 0.29) is 0 Å². The van der Waals surface area contributed by atoms with Crippen LogP contribution in [0.25, 0.3) is 0 Å². The van der Waals surface area contributed by atoms with E-state index in [9.17, 15) is 0 Å². The lowest BCUT2D eigenvalue weighted by molar-refractivity contribution is -0.131. The molecule has 0 spiro atoms. The van der Waals surface area contributed by atoms with Crippen LogP contribution in [0.3, 0.4) is 0 Å². The minimum absolute atomic E-state index is 0.332. The van der Waals surface area contributed by atoms with E-state index in [1.54, 1.807) is 0 Å². The number of rotatable bonds is 26. The van der Waals surface area contributed by atoms with Crippen molar-refractivity contribution in [2.45, 2.75) is 103 Å². The van der Waals surface area contributed by atoms with Crippen molar-refractivity contribution >= 4 is 45.2 Å². The lowest BCUT2D eigenvalue weighted by atomic mass is 10.1. The first-order valence-corrected chi connectivity index (χ1v) is 15.6. The Morgan fingerprint density at radius 2 is 0.742 bits per heavy atom. The highest BCUT2D eigenvalue weighted by molar-refractivity contribution is 14.1. The Hall–Kier alpha value is 0.820. The molecule has 5 heteroatoms. The standard InChI is InChI=1S/C26H48I2O3/c27-21-17-13-9-5-1-3-7-11-15-19-23-29-25-31-26-30-24-20-16-12-8-4-2-6-10-14-18-22-28/h7-8,11-12H,1-6,9-10,13-26H2. The predicted molar refractivity (Wildman–Crippen MR) is 153 cm³/mol. The zero-order chi connectivity index (χ0) is 22.5. The van der Waals surface area contributed by atoms with Gasteiger partial charge in [0.1, 0.15) is 13.6 Å². The molecule has 0 aromatic heterocycles. The molecule has 0 aliphatic rings. The van der Waals surface area contributed by atoms with E-state index in [2.05, 4.69) is 69.5 Å². The summed E-state index contributed by atoms with van der Waals surface area (Å²) < 4.78 is 18.9. The molecule has 0 heterocycles. The van der Waals surface area contributed by atoms with Gasteiger partial charge in [-0.1, -0.05) is 108 Å². The normalized spacial score (nSPS) is 11.9. The van der Waals surface area contributed by atoms with Crippen molar-refractivity contribution in [3.63, 3.8) is 0 Å². The Morgan fingerprint density at radius 3 is 1.16 bits per heavy atom. The third kappa shape index (κ3) is 30.8. The van der Waals surface area contributed by atoms with Crippen LogP contribution >= 0.6 is 45.2 Å². The molecular weight excluding hydrogens is 614 g/mol. The van der Waals surface area contributed by atoms with Gasteiger partial charge in [-0.3, -0.25) is 0 Å². The summed E-state index contributed by atoms with van der Waals surface area (Å²) in [5, 5.41) is 0. The summed E-state index contributed by atoms with van der Waals surface area (Å²) in [5.74, 6) is 0. The number of halogens is 2. The molecule has 0 rings (SSSR count). The van der Waals surface area contributed by atoms with Gasteiger partial charge in [-0.2, -0.15) is 0 Å². The maximum absolute atomic E-state index is 5.48. The van der Waals surface area contributed by atoms with Crippen molar-refractivity contribution in [1.82, 2.24) is 0 Å². The quantitative estimate of drug-likeness (QED) is 0.0304. The molecule has 0 bridgehead atoms. The molecule has 184 valence electrons. The first-order valence-electron chi connectivity index (χ1n) is 12.6. The number of ether oxygens (including phenoxy) is 3. The average molecular weight is 662 g/mol. The number of hydrogen-bond donors (Lipinski definition) is 0. The molecule has 31 heavy (non-hydrogen) atoms. The minimum atomic E-state index is 0.332. The van der Waals surface area contributed by atoms with Crippen LogP contribution in [-0.4, -0.2) is 35.7 Å². The van der Waals surface area contributed by atoms with Crippen molar-refractivity contribution in [1.29, 1.82) is 0 Å². The third-order valence-corrected chi connectivity index (χ3v) is 6.52. The monoisotopic (exact) mass is 662 g/mol. The zero-order valence-electron chi connectivity index (χ0n) is 19.8. The van der Waals surface area contributed by atoms with Gasteiger partial charge in [-0.25, -0.2) is 0 Å². The molecule has 0 radical (unpaired) electrons. The van der Waals surface area contributed by atoms with Gasteiger partial charge >= 0.3 is 0 Å². The van der Waals surface area contributed by atoms with E-state index >= 15 is 0 Å². The first kappa shape index (κ1) is 31.8. The minimum Gasteiger partial charge on any atom is -0.355 e. The summed E-state index contributed by atoms with van der Waals surface area (Å²) >= 11 is 4.92. The van der Waals surface area contributed by atoms with Gasteiger partial charge in [0.25, 0.3) is 0 Å². The van der Waals surface area contributed by atoms with Gasteiger partial charge < -0.3 is 14.2 Å².